The highest BCUT2D eigenvalue weighted by atomic mass is 16.6. The molecular formula is C65H126O6. The molecule has 422 valence electrons. The molecule has 71 heavy (non-hydrogen) atoms. The van der Waals surface area contributed by atoms with Crippen molar-refractivity contribution in [1.29, 1.82) is 0 Å². The molecule has 0 N–H and O–H groups in total. The Morgan fingerprint density at radius 2 is 0.380 bits per heavy atom. The van der Waals surface area contributed by atoms with Crippen molar-refractivity contribution >= 4 is 17.9 Å². The number of hydrogen-bond acceptors (Lipinski definition) is 6. The lowest BCUT2D eigenvalue weighted by molar-refractivity contribution is -0.167. The maximum absolute atomic E-state index is 12.9. The fourth-order valence-electron chi connectivity index (χ4n) is 10.2. The SMILES string of the molecule is CCCCCCCCCCCCCCCCCCCCCCCC(=O)OCC(COC(=O)CCCCCCCCCCCCC)OC(=O)CCCCCCCCCCCCCCCCCCCCCCC. The van der Waals surface area contributed by atoms with Gasteiger partial charge in [0.2, 0.25) is 0 Å². The number of unbranched alkanes of at least 4 members (excludes halogenated alkanes) is 50. The predicted octanol–water partition coefficient (Wildman–Crippen LogP) is 21.9. The minimum Gasteiger partial charge on any atom is -0.462 e. The number of carbonyl (C=O) groups is 3. The Bertz CT molecular complexity index is 1060. The fraction of sp³-hybridized carbons (Fsp3) is 0.954. The molecule has 6 nitrogen and oxygen atoms in total. The standard InChI is InChI=1S/C65H126O6/c1-4-7-10-13-16-19-22-24-26-28-30-32-34-36-38-40-43-46-49-52-55-58-64(67)70-61-62(60-69-63(66)57-54-51-48-45-42-21-18-15-12-9-6-3)71-65(68)59-56-53-50-47-44-41-39-37-35-33-31-29-27-25-23-20-17-14-11-8-5-2/h62H,4-61H2,1-3H3. The van der Waals surface area contributed by atoms with Crippen LogP contribution in [-0.2, 0) is 28.6 Å². The summed E-state index contributed by atoms with van der Waals surface area (Å²) in [6.07, 6.45) is 69.8. The van der Waals surface area contributed by atoms with Crippen LogP contribution in [0.4, 0.5) is 0 Å². The summed E-state index contributed by atoms with van der Waals surface area (Å²) >= 11 is 0. The summed E-state index contributed by atoms with van der Waals surface area (Å²) in [7, 11) is 0. The van der Waals surface area contributed by atoms with Gasteiger partial charge in [-0.15, -0.1) is 0 Å². The normalized spacial score (nSPS) is 11.9. The van der Waals surface area contributed by atoms with Gasteiger partial charge in [0.25, 0.3) is 0 Å². The van der Waals surface area contributed by atoms with E-state index in [1.54, 1.807) is 0 Å². The van der Waals surface area contributed by atoms with E-state index in [1.807, 2.05) is 0 Å². The molecular weight excluding hydrogens is 877 g/mol. The van der Waals surface area contributed by atoms with Crippen LogP contribution in [0.1, 0.15) is 380 Å². The van der Waals surface area contributed by atoms with Crippen molar-refractivity contribution in [2.45, 2.75) is 386 Å². The molecule has 0 spiro atoms. The van der Waals surface area contributed by atoms with E-state index < -0.39 is 6.10 Å². The molecule has 0 saturated heterocycles. The zero-order valence-corrected chi connectivity index (χ0v) is 48.5. The van der Waals surface area contributed by atoms with Gasteiger partial charge in [0.1, 0.15) is 13.2 Å². The first-order valence-electron chi connectivity index (χ1n) is 32.5. The fourth-order valence-corrected chi connectivity index (χ4v) is 10.2. The molecule has 0 aliphatic heterocycles. The first kappa shape index (κ1) is 69.4. The van der Waals surface area contributed by atoms with Gasteiger partial charge in [-0.25, -0.2) is 0 Å². The van der Waals surface area contributed by atoms with Crippen molar-refractivity contribution in [3.63, 3.8) is 0 Å². The van der Waals surface area contributed by atoms with Crippen LogP contribution in [0.3, 0.4) is 0 Å². The van der Waals surface area contributed by atoms with Crippen LogP contribution in [0.5, 0.6) is 0 Å². The number of carbonyl (C=O) groups excluding carboxylic acids is 3. The zero-order chi connectivity index (χ0) is 51.4. The van der Waals surface area contributed by atoms with E-state index in [4.69, 9.17) is 14.2 Å². The minimum absolute atomic E-state index is 0.0607. The minimum atomic E-state index is -0.762. The largest absolute Gasteiger partial charge is 0.462 e. The summed E-state index contributed by atoms with van der Waals surface area (Å²) in [5.41, 5.74) is 0. The third kappa shape index (κ3) is 59.2. The highest BCUT2D eigenvalue weighted by molar-refractivity contribution is 5.71. The molecule has 0 amide bonds. The second-order valence-corrected chi connectivity index (χ2v) is 22.4. The van der Waals surface area contributed by atoms with Gasteiger partial charge in [0, 0.05) is 19.3 Å². The smallest absolute Gasteiger partial charge is 0.306 e. The number of esters is 3. The summed E-state index contributed by atoms with van der Waals surface area (Å²) in [6.45, 7) is 6.72. The lowest BCUT2D eigenvalue weighted by Gasteiger charge is -2.18. The summed E-state index contributed by atoms with van der Waals surface area (Å²) < 4.78 is 16.9. The molecule has 0 fully saturated rings. The second-order valence-electron chi connectivity index (χ2n) is 22.4. The molecule has 0 rings (SSSR count). The zero-order valence-electron chi connectivity index (χ0n) is 48.5. The van der Waals surface area contributed by atoms with Crippen molar-refractivity contribution in [3.8, 4) is 0 Å². The third-order valence-electron chi connectivity index (χ3n) is 15.1. The van der Waals surface area contributed by atoms with Crippen LogP contribution in [0.2, 0.25) is 0 Å². The maximum atomic E-state index is 12.9. The van der Waals surface area contributed by atoms with Gasteiger partial charge in [-0.1, -0.05) is 342 Å². The average molecular weight is 1000 g/mol. The molecule has 0 aliphatic rings. The Morgan fingerprint density at radius 1 is 0.225 bits per heavy atom. The van der Waals surface area contributed by atoms with Crippen LogP contribution in [0.25, 0.3) is 0 Å². The Kier molecular flexibility index (Phi) is 59.6. The van der Waals surface area contributed by atoms with Crippen LogP contribution in [0, 0.1) is 0 Å². The van der Waals surface area contributed by atoms with Crippen LogP contribution < -0.4 is 0 Å². The second kappa shape index (κ2) is 61.0. The van der Waals surface area contributed by atoms with Gasteiger partial charge >= 0.3 is 17.9 Å². The quantitative estimate of drug-likeness (QED) is 0.0343. The predicted molar refractivity (Wildman–Crippen MR) is 307 cm³/mol. The molecule has 0 aromatic heterocycles. The highest BCUT2D eigenvalue weighted by Crippen LogP contribution is 2.19. The van der Waals surface area contributed by atoms with E-state index in [-0.39, 0.29) is 31.1 Å². The molecule has 0 saturated carbocycles. The summed E-state index contributed by atoms with van der Waals surface area (Å²) in [5, 5.41) is 0. The maximum Gasteiger partial charge on any atom is 0.306 e. The van der Waals surface area contributed by atoms with Gasteiger partial charge < -0.3 is 14.2 Å². The first-order valence-corrected chi connectivity index (χ1v) is 32.5. The van der Waals surface area contributed by atoms with E-state index in [1.165, 1.54) is 283 Å². The molecule has 0 aromatic rings. The van der Waals surface area contributed by atoms with E-state index >= 15 is 0 Å². The number of rotatable bonds is 61. The van der Waals surface area contributed by atoms with E-state index in [9.17, 15) is 14.4 Å². The lowest BCUT2D eigenvalue weighted by Crippen LogP contribution is -2.30. The van der Waals surface area contributed by atoms with Crippen LogP contribution in [-0.4, -0.2) is 37.2 Å². The molecule has 1 unspecified atom stereocenters. The molecule has 0 aromatic carbocycles. The van der Waals surface area contributed by atoms with E-state index in [0.29, 0.717) is 19.3 Å². The summed E-state index contributed by atoms with van der Waals surface area (Å²) in [6, 6.07) is 0. The molecule has 0 bridgehead atoms. The molecule has 0 radical (unpaired) electrons. The Labute approximate surface area is 444 Å². The van der Waals surface area contributed by atoms with Crippen molar-refractivity contribution in [3.05, 3.63) is 0 Å². The van der Waals surface area contributed by atoms with E-state index in [0.717, 1.165) is 57.8 Å². The van der Waals surface area contributed by atoms with Gasteiger partial charge in [-0.3, -0.25) is 14.4 Å². The van der Waals surface area contributed by atoms with Crippen molar-refractivity contribution < 1.29 is 28.6 Å². The molecule has 6 heteroatoms. The van der Waals surface area contributed by atoms with Crippen molar-refractivity contribution in [2.24, 2.45) is 0 Å². The Morgan fingerprint density at radius 3 is 0.563 bits per heavy atom. The third-order valence-corrected chi connectivity index (χ3v) is 15.1. The first-order chi connectivity index (χ1) is 35.0. The number of ether oxygens (including phenoxy) is 3. The molecule has 0 aliphatic carbocycles. The van der Waals surface area contributed by atoms with Gasteiger partial charge in [0.05, 0.1) is 0 Å². The van der Waals surface area contributed by atoms with Gasteiger partial charge in [0.15, 0.2) is 6.10 Å². The topological polar surface area (TPSA) is 78.9 Å². The average Bonchev–Trinajstić information content (AvgIpc) is 3.37. The number of hydrogen-bond donors (Lipinski definition) is 0. The van der Waals surface area contributed by atoms with Gasteiger partial charge in [-0.05, 0) is 19.3 Å². The summed E-state index contributed by atoms with van der Waals surface area (Å²) in [5.74, 6) is -0.827. The lowest BCUT2D eigenvalue weighted by atomic mass is 10.0. The Hall–Kier alpha value is -1.59. The van der Waals surface area contributed by atoms with Gasteiger partial charge in [-0.2, -0.15) is 0 Å². The molecule has 0 heterocycles. The van der Waals surface area contributed by atoms with Crippen molar-refractivity contribution in [2.75, 3.05) is 13.2 Å². The highest BCUT2D eigenvalue weighted by Gasteiger charge is 2.19. The summed E-state index contributed by atoms with van der Waals surface area (Å²) in [4.78, 5) is 38.2. The van der Waals surface area contributed by atoms with E-state index in [2.05, 4.69) is 20.8 Å². The molecule has 1 atom stereocenters. The van der Waals surface area contributed by atoms with Crippen molar-refractivity contribution in [1.82, 2.24) is 0 Å². The van der Waals surface area contributed by atoms with Crippen LogP contribution >= 0.6 is 0 Å². The van der Waals surface area contributed by atoms with Crippen LogP contribution in [0.15, 0.2) is 0 Å². The Balaban J connectivity index is 4.19. The monoisotopic (exact) mass is 1000 g/mol.